The monoisotopic (exact) mass is 376 g/mol. The van der Waals surface area contributed by atoms with Gasteiger partial charge in [-0.2, -0.15) is 0 Å². The fourth-order valence-corrected chi connectivity index (χ4v) is 4.66. The maximum absolute atomic E-state index is 10.8. The second-order valence-corrected chi connectivity index (χ2v) is 8.09. The van der Waals surface area contributed by atoms with Crippen molar-refractivity contribution in [3.05, 3.63) is 71.3 Å². The Morgan fingerprint density at radius 3 is 2.79 bits per heavy atom. The van der Waals surface area contributed by atoms with Crippen LogP contribution in [-0.2, 0) is 11.2 Å². The molecule has 0 saturated heterocycles. The van der Waals surface area contributed by atoms with E-state index in [1.54, 1.807) is 0 Å². The molecular weight excluding hydrogens is 348 g/mol. The lowest BCUT2D eigenvalue weighted by molar-refractivity contribution is -0.136. The second-order valence-electron chi connectivity index (χ2n) is 8.09. The van der Waals surface area contributed by atoms with Crippen LogP contribution in [-0.4, -0.2) is 17.2 Å². The minimum absolute atomic E-state index is 0.162. The molecule has 0 spiro atoms. The molecule has 2 aromatic carbocycles. The molecule has 146 valence electrons. The molecule has 1 fully saturated rings. The molecule has 3 heteroatoms. The number of hydrogen-bond acceptors (Lipinski definition) is 2. The van der Waals surface area contributed by atoms with E-state index in [9.17, 15) is 4.79 Å². The highest BCUT2D eigenvalue weighted by Gasteiger charge is 2.31. The minimum Gasteiger partial charge on any atom is -0.489 e. The molecule has 1 N–H and O–H groups in total. The molecule has 4 rings (SSSR count). The second kappa shape index (κ2) is 8.64. The summed E-state index contributed by atoms with van der Waals surface area (Å²) in [6.07, 6.45) is 11.2. The number of rotatable bonds is 5. The lowest BCUT2D eigenvalue weighted by Gasteiger charge is -2.34. The van der Waals surface area contributed by atoms with Crippen molar-refractivity contribution >= 4 is 12.0 Å². The first-order valence-corrected chi connectivity index (χ1v) is 10.4. The van der Waals surface area contributed by atoms with Gasteiger partial charge in [-0.25, -0.2) is 0 Å². The van der Waals surface area contributed by atoms with Crippen LogP contribution < -0.4 is 4.74 Å². The first-order valence-electron chi connectivity index (χ1n) is 10.4. The smallest absolute Gasteiger partial charge is 0.303 e. The Balaban J connectivity index is 1.46. The summed E-state index contributed by atoms with van der Waals surface area (Å²) in [6, 6.07) is 17.0. The summed E-state index contributed by atoms with van der Waals surface area (Å²) in [5.74, 6) is 1.38. The number of ether oxygens (including phenoxy) is 1. The number of carbonyl (C=O) groups is 1. The van der Waals surface area contributed by atoms with Gasteiger partial charge in [-0.1, -0.05) is 55.0 Å². The Morgan fingerprint density at radius 2 is 1.96 bits per heavy atom. The lowest BCUT2D eigenvalue weighted by atomic mass is 9.75. The molecule has 0 bridgehead atoms. The topological polar surface area (TPSA) is 46.5 Å². The van der Waals surface area contributed by atoms with E-state index in [1.165, 1.54) is 31.2 Å². The van der Waals surface area contributed by atoms with Crippen LogP contribution in [0.1, 0.15) is 61.1 Å². The van der Waals surface area contributed by atoms with E-state index < -0.39 is 5.97 Å². The maximum Gasteiger partial charge on any atom is 0.303 e. The highest BCUT2D eigenvalue weighted by atomic mass is 16.5. The summed E-state index contributed by atoms with van der Waals surface area (Å²) in [5, 5.41) is 8.90. The average molecular weight is 376 g/mol. The molecule has 0 radical (unpaired) electrons. The normalized spacial score (nSPS) is 24.1. The molecule has 3 atom stereocenters. The number of fused-ring (bicyclic) bond motifs is 1. The molecule has 0 amide bonds. The number of carboxylic acid groups (broad SMARTS) is 1. The highest BCUT2D eigenvalue weighted by Crippen LogP contribution is 2.40. The zero-order valence-electron chi connectivity index (χ0n) is 16.2. The molecule has 2 aromatic rings. The van der Waals surface area contributed by atoms with Crippen LogP contribution in [0.4, 0.5) is 0 Å². The highest BCUT2D eigenvalue weighted by molar-refractivity contribution is 5.67. The average Bonchev–Trinajstić information content (AvgIpc) is 2.95. The van der Waals surface area contributed by atoms with E-state index in [2.05, 4.69) is 48.6 Å². The van der Waals surface area contributed by atoms with Crippen molar-refractivity contribution in [3.63, 3.8) is 0 Å². The van der Waals surface area contributed by atoms with Crippen molar-refractivity contribution in [1.29, 1.82) is 0 Å². The molecular formula is C25H28O3. The van der Waals surface area contributed by atoms with Crippen LogP contribution in [0.3, 0.4) is 0 Å². The third-order valence-electron chi connectivity index (χ3n) is 6.16. The molecule has 28 heavy (non-hydrogen) atoms. The number of hydrogen-bond donors (Lipinski definition) is 1. The van der Waals surface area contributed by atoms with E-state index >= 15 is 0 Å². The minimum atomic E-state index is -0.757. The summed E-state index contributed by atoms with van der Waals surface area (Å²) < 4.78 is 6.48. The van der Waals surface area contributed by atoms with Gasteiger partial charge < -0.3 is 9.84 Å². The van der Waals surface area contributed by atoms with Gasteiger partial charge in [-0.15, -0.1) is 0 Å². The number of aliphatic carboxylic acids is 1. The van der Waals surface area contributed by atoms with Gasteiger partial charge >= 0.3 is 5.97 Å². The maximum atomic E-state index is 10.8. The largest absolute Gasteiger partial charge is 0.489 e. The molecule has 3 nitrogen and oxygen atoms in total. The van der Waals surface area contributed by atoms with Gasteiger partial charge in [0.2, 0.25) is 0 Å². The van der Waals surface area contributed by atoms with E-state index in [1.807, 2.05) is 12.1 Å². The van der Waals surface area contributed by atoms with Crippen LogP contribution in [0.25, 0.3) is 6.08 Å². The molecule has 1 saturated carbocycles. The van der Waals surface area contributed by atoms with Gasteiger partial charge in [0.1, 0.15) is 11.9 Å². The van der Waals surface area contributed by atoms with Crippen LogP contribution in [0, 0.1) is 5.92 Å². The van der Waals surface area contributed by atoms with Crippen molar-refractivity contribution in [3.8, 4) is 5.75 Å². The summed E-state index contributed by atoms with van der Waals surface area (Å²) in [6.45, 7) is 0. The Kier molecular flexibility index (Phi) is 5.80. The first-order chi connectivity index (χ1) is 13.7. The van der Waals surface area contributed by atoms with Crippen molar-refractivity contribution in [2.24, 2.45) is 5.92 Å². The quantitative estimate of drug-likeness (QED) is 0.713. The number of carboxylic acids is 1. The first kappa shape index (κ1) is 18.8. The summed E-state index contributed by atoms with van der Waals surface area (Å²) in [7, 11) is 0. The Morgan fingerprint density at radius 1 is 1.11 bits per heavy atom. The van der Waals surface area contributed by atoms with Crippen molar-refractivity contribution in [2.75, 3.05) is 0 Å². The van der Waals surface area contributed by atoms with Crippen molar-refractivity contribution in [2.45, 2.75) is 57.0 Å². The van der Waals surface area contributed by atoms with Crippen molar-refractivity contribution < 1.29 is 14.6 Å². The molecule has 1 heterocycles. The van der Waals surface area contributed by atoms with Gasteiger partial charge in [0.05, 0.1) is 0 Å². The van der Waals surface area contributed by atoms with Crippen LogP contribution in [0.2, 0.25) is 0 Å². The summed E-state index contributed by atoms with van der Waals surface area (Å²) in [4.78, 5) is 10.8. The molecule has 1 aliphatic heterocycles. The molecule has 0 aromatic heterocycles. The number of benzene rings is 2. The lowest BCUT2D eigenvalue weighted by Crippen LogP contribution is -2.30. The fraction of sp³-hybridized carbons (Fsp3) is 0.400. The Labute approximate surface area is 167 Å². The van der Waals surface area contributed by atoms with E-state index in [-0.39, 0.29) is 12.5 Å². The van der Waals surface area contributed by atoms with Crippen LogP contribution >= 0.6 is 0 Å². The van der Waals surface area contributed by atoms with Crippen LogP contribution in [0.5, 0.6) is 5.75 Å². The SMILES string of the molecule is O=C(O)CCc1ccc2c(c1)C=CCC(C1CCCC(c3ccccc3)C1)O2. The third kappa shape index (κ3) is 4.46. The summed E-state index contributed by atoms with van der Waals surface area (Å²) >= 11 is 0. The number of aryl methyl sites for hydroxylation is 1. The molecule has 3 unspecified atom stereocenters. The Bertz CT molecular complexity index is 840. The zero-order chi connectivity index (χ0) is 19.3. The van der Waals surface area contributed by atoms with Gasteiger partial charge in [0, 0.05) is 18.4 Å². The van der Waals surface area contributed by atoms with Crippen molar-refractivity contribution in [1.82, 2.24) is 0 Å². The standard InChI is InChI=1S/C25H28O3/c26-25(27)15-13-18-12-14-24-21(16-18)10-5-11-23(28-24)22-9-4-8-20(17-22)19-6-2-1-3-7-19/h1-3,5-7,10,12,14,16,20,22-23H,4,8-9,11,13,15,17H2,(H,26,27). The van der Waals surface area contributed by atoms with Crippen LogP contribution in [0.15, 0.2) is 54.6 Å². The van der Waals surface area contributed by atoms with Gasteiger partial charge in [0.15, 0.2) is 0 Å². The summed E-state index contributed by atoms with van der Waals surface area (Å²) in [5.41, 5.74) is 3.58. The van der Waals surface area contributed by atoms with Gasteiger partial charge in [-0.05, 0) is 60.8 Å². The zero-order valence-corrected chi connectivity index (χ0v) is 16.2. The fourth-order valence-electron chi connectivity index (χ4n) is 4.66. The van der Waals surface area contributed by atoms with E-state index in [4.69, 9.17) is 9.84 Å². The third-order valence-corrected chi connectivity index (χ3v) is 6.16. The predicted octanol–water partition coefficient (Wildman–Crippen LogP) is 5.84. The molecule has 1 aliphatic carbocycles. The van der Waals surface area contributed by atoms with Gasteiger partial charge in [-0.3, -0.25) is 4.79 Å². The molecule has 2 aliphatic rings. The van der Waals surface area contributed by atoms with E-state index in [0.29, 0.717) is 18.3 Å². The Hall–Kier alpha value is -2.55. The van der Waals surface area contributed by atoms with E-state index in [0.717, 1.165) is 23.3 Å². The van der Waals surface area contributed by atoms with Gasteiger partial charge in [0.25, 0.3) is 0 Å². The predicted molar refractivity (Wildman–Crippen MR) is 112 cm³/mol.